The molecular formula is C18H22. The van der Waals surface area contributed by atoms with Crippen LogP contribution >= 0.6 is 0 Å². The summed E-state index contributed by atoms with van der Waals surface area (Å²) in [6, 6.07) is 17.6. The molecule has 0 saturated carbocycles. The van der Waals surface area contributed by atoms with Crippen molar-refractivity contribution in [3.05, 3.63) is 59.7 Å². The van der Waals surface area contributed by atoms with Crippen LogP contribution in [0.5, 0.6) is 0 Å². The second kappa shape index (κ2) is 6.39. The summed E-state index contributed by atoms with van der Waals surface area (Å²) in [6.45, 7) is 4.42. The SMILES string of the molecule is CCCCCc1ccc(-c2ccccc2C)cc1. The highest BCUT2D eigenvalue weighted by Gasteiger charge is 2.00. The van der Waals surface area contributed by atoms with Crippen LogP contribution in [0.4, 0.5) is 0 Å². The molecule has 94 valence electrons. The van der Waals surface area contributed by atoms with Crippen LogP contribution in [0.2, 0.25) is 0 Å². The first kappa shape index (κ1) is 12.9. The molecule has 0 heteroatoms. The standard InChI is InChI=1S/C18H22/c1-3-4-5-9-16-11-13-17(14-12-16)18-10-7-6-8-15(18)2/h6-8,10-14H,3-5,9H2,1-2H3. The van der Waals surface area contributed by atoms with E-state index in [1.54, 1.807) is 0 Å². The van der Waals surface area contributed by atoms with Crippen LogP contribution in [0.25, 0.3) is 11.1 Å². The second-order valence-electron chi connectivity index (χ2n) is 4.97. The highest BCUT2D eigenvalue weighted by Crippen LogP contribution is 2.23. The summed E-state index contributed by atoms with van der Waals surface area (Å²) in [7, 11) is 0. The van der Waals surface area contributed by atoms with Crippen LogP contribution in [-0.4, -0.2) is 0 Å². The Balaban J connectivity index is 2.10. The number of unbranched alkanes of at least 4 members (excludes halogenated alkanes) is 2. The molecule has 0 nitrogen and oxygen atoms in total. The monoisotopic (exact) mass is 238 g/mol. The van der Waals surface area contributed by atoms with E-state index in [1.807, 2.05) is 0 Å². The molecule has 0 saturated heterocycles. The molecule has 2 aromatic rings. The van der Waals surface area contributed by atoms with Gasteiger partial charge in [-0.25, -0.2) is 0 Å². The zero-order valence-electron chi connectivity index (χ0n) is 11.4. The summed E-state index contributed by atoms with van der Waals surface area (Å²) < 4.78 is 0. The summed E-state index contributed by atoms with van der Waals surface area (Å²) in [6.07, 6.45) is 5.14. The first-order chi connectivity index (χ1) is 8.81. The fraction of sp³-hybridized carbons (Fsp3) is 0.333. The molecule has 0 unspecified atom stereocenters. The van der Waals surface area contributed by atoms with Gasteiger partial charge in [0.1, 0.15) is 0 Å². The molecule has 0 aromatic heterocycles. The Bertz CT molecular complexity index is 480. The number of hydrogen-bond donors (Lipinski definition) is 0. The summed E-state index contributed by atoms with van der Waals surface area (Å²) in [5.74, 6) is 0. The minimum absolute atomic E-state index is 1.21. The largest absolute Gasteiger partial charge is 0.0654 e. The third-order valence-corrected chi connectivity index (χ3v) is 3.48. The Morgan fingerprint density at radius 2 is 1.56 bits per heavy atom. The van der Waals surface area contributed by atoms with Gasteiger partial charge in [0.2, 0.25) is 0 Å². The Labute approximate surface area is 111 Å². The van der Waals surface area contributed by atoms with E-state index in [2.05, 4.69) is 62.4 Å². The molecule has 2 rings (SSSR count). The van der Waals surface area contributed by atoms with Crippen molar-refractivity contribution in [2.45, 2.75) is 39.5 Å². The molecule has 0 N–H and O–H groups in total. The van der Waals surface area contributed by atoms with Crippen LogP contribution in [0, 0.1) is 6.92 Å². The molecule has 0 aliphatic heterocycles. The van der Waals surface area contributed by atoms with Crippen molar-refractivity contribution in [2.75, 3.05) is 0 Å². The Hall–Kier alpha value is -1.56. The molecule has 0 aliphatic carbocycles. The van der Waals surface area contributed by atoms with Gasteiger partial charge in [-0.15, -0.1) is 0 Å². The van der Waals surface area contributed by atoms with E-state index in [0.29, 0.717) is 0 Å². The first-order valence-electron chi connectivity index (χ1n) is 6.96. The van der Waals surface area contributed by atoms with Crippen LogP contribution in [0.3, 0.4) is 0 Å². The molecule has 2 aromatic carbocycles. The number of hydrogen-bond acceptors (Lipinski definition) is 0. The van der Waals surface area contributed by atoms with Gasteiger partial charge in [-0.2, -0.15) is 0 Å². The van der Waals surface area contributed by atoms with Gasteiger partial charge in [0.25, 0.3) is 0 Å². The topological polar surface area (TPSA) is 0 Å². The van der Waals surface area contributed by atoms with Crippen molar-refractivity contribution in [3.8, 4) is 11.1 Å². The fourth-order valence-corrected chi connectivity index (χ4v) is 2.33. The molecule has 0 fully saturated rings. The molecular weight excluding hydrogens is 216 g/mol. The molecule has 18 heavy (non-hydrogen) atoms. The second-order valence-corrected chi connectivity index (χ2v) is 4.97. The van der Waals surface area contributed by atoms with Gasteiger partial charge in [-0.1, -0.05) is 68.3 Å². The lowest BCUT2D eigenvalue weighted by molar-refractivity contribution is 0.717. The van der Waals surface area contributed by atoms with Crippen molar-refractivity contribution in [3.63, 3.8) is 0 Å². The van der Waals surface area contributed by atoms with E-state index in [0.717, 1.165) is 0 Å². The highest BCUT2D eigenvalue weighted by molar-refractivity contribution is 5.67. The minimum Gasteiger partial charge on any atom is -0.0654 e. The van der Waals surface area contributed by atoms with Crippen molar-refractivity contribution < 1.29 is 0 Å². The third-order valence-electron chi connectivity index (χ3n) is 3.48. The van der Waals surface area contributed by atoms with Crippen LogP contribution < -0.4 is 0 Å². The Morgan fingerprint density at radius 3 is 2.22 bits per heavy atom. The van der Waals surface area contributed by atoms with E-state index >= 15 is 0 Å². The van der Waals surface area contributed by atoms with Crippen LogP contribution in [-0.2, 0) is 6.42 Å². The fourth-order valence-electron chi connectivity index (χ4n) is 2.33. The molecule has 0 radical (unpaired) electrons. The van der Waals surface area contributed by atoms with Gasteiger partial charge >= 0.3 is 0 Å². The van der Waals surface area contributed by atoms with Gasteiger partial charge in [-0.3, -0.25) is 0 Å². The number of aryl methyl sites for hydroxylation is 2. The summed E-state index contributed by atoms with van der Waals surface area (Å²) >= 11 is 0. The average Bonchev–Trinajstić information content (AvgIpc) is 2.41. The predicted octanol–water partition coefficient (Wildman–Crippen LogP) is 5.39. The Morgan fingerprint density at radius 1 is 0.833 bits per heavy atom. The number of rotatable bonds is 5. The van der Waals surface area contributed by atoms with Crippen molar-refractivity contribution in [1.82, 2.24) is 0 Å². The lowest BCUT2D eigenvalue weighted by atomic mass is 9.98. The first-order valence-corrected chi connectivity index (χ1v) is 6.96. The van der Waals surface area contributed by atoms with Crippen molar-refractivity contribution in [2.24, 2.45) is 0 Å². The minimum atomic E-state index is 1.21. The maximum absolute atomic E-state index is 2.28. The third kappa shape index (κ3) is 3.22. The lowest BCUT2D eigenvalue weighted by Gasteiger charge is -2.07. The van der Waals surface area contributed by atoms with E-state index < -0.39 is 0 Å². The summed E-state index contributed by atoms with van der Waals surface area (Å²) in [4.78, 5) is 0. The zero-order chi connectivity index (χ0) is 12.8. The maximum atomic E-state index is 2.28. The van der Waals surface area contributed by atoms with Crippen LogP contribution in [0.15, 0.2) is 48.5 Å². The summed E-state index contributed by atoms with van der Waals surface area (Å²) in [5, 5.41) is 0. The molecule has 0 atom stereocenters. The van der Waals surface area contributed by atoms with Crippen LogP contribution in [0.1, 0.15) is 37.3 Å². The van der Waals surface area contributed by atoms with E-state index in [1.165, 1.54) is 47.9 Å². The quantitative estimate of drug-likeness (QED) is 0.612. The molecule has 0 spiro atoms. The van der Waals surface area contributed by atoms with Gasteiger partial charge in [0, 0.05) is 0 Å². The Kier molecular flexibility index (Phi) is 4.58. The van der Waals surface area contributed by atoms with Gasteiger partial charge in [-0.05, 0) is 42.0 Å². The van der Waals surface area contributed by atoms with Gasteiger partial charge in [0.05, 0.1) is 0 Å². The number of benzene rings is 2. The predicted molar refractivity (Wildman–Crippen MR) is 79.8 cm³/mol. The van der Waals surface area contributed by atoms with E-state index in [9.17, 15) is 0 Å². The lowest BCUT2D eigenvalue weighted by Crippen LogP contribution is -1.87. The molecule has 0 amide bonds. The smallest absolute Gasteiger partial charge is 0.0155 e. The summed E-state index contributed by atoms with van der Waals surface area (Å²) in [5.41, 5.74) is 5.47. The van der Waals surface area contributed by atoms with Crippen molar-refractivity contribution >= 4 is 0 Å². The van der Waals surface area contributed by atoms with Gasteiger partial charge in [0.15, 0.2) is 0 Å². The normalized spacial score (nSPS) is 10.6. The average molecular weight is 238 g/mol. The maximum Gasteiger partial charge on any atom is -0.0155 e. The molecule has 0 aliphatic rings. The van der Waals surface area contributed by atoms with Crippen molar-refractivity contribution in [1.29, 1.82) is 0 Å². The van der Waals surface area contributed by atoms with E-state index in [4.69, 9.17) is 0 Å². The zero-order valence-corrected chi connectivity index (χ0v) is 11.4. The van der Waals surface area contributed by atoms with Gasteiger partial charge < -0.3 is 0 Å². The molecule has 0 bridgehead atoms. The highest BCUT2D eigenvalue weighted by atomic mass is 14.1. The van der Waals surface area contributed by atoms with E-state index in [-0.39, 0.29) is 0 Å². The molecule has 0 heterocycles.